The van der Waals surface area contributed by atoms with E-state index in [1.807, 2.05) is 6.92 Å². The Bertz CT molecular complexity index is 338. The second kappa shape index (κ2) is 4.93. The minimum atomic E-state index is -0.233. The molecule has 0 heterocycles. The first-order valence-corrected chi connectivity index (χ1v) is 5.86. The summed E-state index contributed by atoms with van der Waals surface area (Å²) < 4.78 is 12.8. The topological polar surface area (TPSA) is 32.3 Å². The SMILES string of the molecule is C[C@@H](NC1CCCC1O)c1ccc(F)cc1. The van der Waals surface area contributed by atoms with E-state index in [2.05, 4.69) is 5.32 Å². The predicted molar refractivity (Wildman–Crippen MR) is 61.6 cm³/mol. The van der Waals surface area contributed by atoms with Crippen molar-refractivity contribution in [1.82, 2.24) is 5.32 Å². The summed E-state index contributed by atoms with van der Waals surface area (Å²) >= 11 is 0. The van der Waals surface area contributed by atoms with Gasteiger partial charge in [0.25, 0.3) is 0 Å². The Morgan fingerprint density at radius 3 is 2.56 bits per heavy atom. The molecule has 1 aliphatic carbocycles. The van der Waals surface area contributed by atoms with Crippen LogP contribution < -0.4 is 5.32 Å². The van der Waals surface area contributed by atoms with Gasteiger partial charge in [0, 0.05) is 12.1 Å². The number of halogens is 1. The zero-order valence-corrected chi connectivity index (χ0v) is 9.49. The second-order valence-electron chi connectivity index (χ2n) is 4.54. The highest BCUT2D eigenvalue weighted by Gasteiger charge is 2.26. The average Bonchev–Trinajstić information content (AvgIpc) is 2.65. The highest BCUT2D eigenvalue weighted by molar-refractivity contribution is 5.19. The van der Waals surface area contributed by atoms with Crippen molar-refractivity contribution in [2.45, 2.75) is 44.4 Å². The van der Waals surface area contributed by atoms with Crippen LogP contribution in [0.1, 0.15) is 37.8 Å². The highest BCUT2D eigenvalue weighted by atomic mass is 19.1. The second-order valence-corrected chi connectivity index (χ2v) is 4.54. The first-order valence-electron chi connectivity index (χ1n) is 5.86. The zero-order valence-electron chi connectivity index (χ0n) is 9.49. The first-order chi connectivity index (χ1) is 7.66. The average molecular weight is 223 g/mol. The summed E-state index contributed by atoms with van der Waals surface area (Å²) in [6.45, 7) is 2.04. The van der Waals surface area contributed by atoms with E-state index >= 15 is 0 Å². The molecule has 88 valence electrons. The van der Waals surface area contributed by atoms with Crippen molar-refractivity contribution in [3.8, 4) is 0 Å². The van der Waals surface area contributed by atoms with Crippen molar-refractivity contribution in [3.63, 3.8) is 0 Å². The lowest BCUT2D eigenvalue weighted by Crippen LogP contribution is -2.37. The third kappa shape index (κ3) is 2.60. The summed E-state index contributed by atoms with van der Waals surface area (Å²) in [7, 11) is 0. The van der Waals surface area contributed by atoms with E-state index in [0.717, 1.165) is 24.8 Å². The van der Waals surface area contributed by atoms with Crippen LogP contribution >= 0.6 is 0 Å². The molecule has 1 fully saturated rings. The lowest BCUT2D eigenvalue weighted by atomic mass is 10.1. The number of aliphatic hydroxyl groups is 1. The van der Waals surface area contributed by atoms with Crippen molar-refractivity contribution in [1.29, 1.82) is 0 Å². The molecular formula is C13H18FNO. The van der Waals surface area contributed by atoms with Gasteiger partial charge in [-0.05, 0) is 43.9 Å². The first kappa shape index (κ1) is 11.6. The Morgan fingerprint density at radius 1 is 1.31 bits per heavy atom. The van der Waals surface area contributed by atoms with Gasteiger partial charge in [0.1, 0.15) is 5.82 Å². The van der Waals surface area contributed by atoms with Gasteiger partial charge in [-0.25, -0.2) is 4.39 Å². The lowest BCUT2D eigenvalue weighted by Gasteiger charge is -2.22. The zero-order chi connectivity index (χ0) is 11.5. The number of hydrogen-bond acceptors (Lipinski definition) is 2. The van der Waals surface area contributed by atoms with Gasteiger partial charge in [-0.15, -0.1) is 0 Å². The molecule has 0 amide bonds. The van der Waals surface area contributed by atoms with Gasteiger partial charge >= 0.3 is 0 Å². The number of aliphatic hydroxyl groups excluding tert-OH is 1. The van der Waals surface area contributed by atoms with Crippen molar-refractivity contribution in [3.05, 3.63) is 35.6 Å². The van der Waals surface area contributed by atoms with Crippen LogP contribution in [-0.2, 0) is 0 Å². The van der Waals surface area contributed by atoms with Crippen LogP contribution in [-0.4, -0.2) is 17.3 Å². The van der Waals surface area contributed by atoms with Gasteiger partial charge in [-0.1, -0.05) is 12.1 Å². The molecule has 1 aromatic carbocycles. The van der Waals surface area contributed by atoms with Gasteiger partial charge in [-0.2, -0.15) is 0 Å². The molecule has 0 aromatic heterocycles. The Kier molecular flexibility index (Phi) is 3.56. The summed E-state index contributed by atoms with van der Waals surface area (Å²) in [5.74, 6) is -0.211. The molecule has 3 heteroatoms. The summed E-state index contributed by atoms with van der Waals surface area (Å²) in [5, 5.41) is 13.1. The number of rotatable bonds is 3. The van der Waals surface area contributed by atoms with Crippen LogP contribution in [0.2, 0.25) is 0 Å². The third-order valence-electron chi connectivity index (χ3n) is 3.31. The molecule has 1 saturated carbocycles. The summed E-state index contributed by atoms with van der Waals surface area (Å²) in [6.07, 6.45) is 2.75. The molecule has 0 spiro atoms. The van der Waals surface area contributed by atoms with E-state index in [9.17, 15) is 9.50 Å². The maximum atomic E-state index is 12.8. The minimum Gasteiger partial charge on any atom is -0.392 e. The molecule has 2 unspecified atom stereocenters. The molecule has 2 rings (SSSR count). The maximum Gasteiger partial charge on any atom is 0.123 e. The van der Waals surface area contributed by atoms with E-state index in [-0.39, 0.29) is 24.0 Å². The van der Waals surface area contributed by atoms with Crippen LogP contribution in [0.4, 0.5) is 4.39 Å². The van der Waals surface area contributed by atoms with Crippen molar-refractivity contribution < 1.29 is 9.50 Å². The lowest BCUT2D eigenvalue weighted by molar-refractivity contribution is 0.144. The van der Waals surface area contributed by atoms with E-state index in [1.165, 1.54) is 12.1 Å². The Balaban J connectivity index is 1.97. The van der Waals surface area contributed by atoms with Crippen molar-refractivity contribution in [2.24, 2.45) is 0 Å². The molecule has 1 aliphatic rings. The van der Waals surface area contributed by atoms with Gasteiger partial charge in [0.2, 0.25) is 0 Å². The minimum absolute atomic E-state index is 0.151. The smallest absolute Gasteiger partial charge is 0.123 e. The van der Waals surface area contributed by atoms with E-state index in [1.54, 1.807) is 12.1 Å². The molecule has 2 N–H and O–H groups in total. The van der Waals surface area contributed by atoms with E-state index < -0.39 is 0 Å². The van der Waals surface area contributed by atoms with E-state index in [0.29, 0.717) is 0 Å². The normalized spacial score (nSPS) is 26.9. The Morgan fingerprint density at radius 2 is 2.00 bits per heavy atom. The van der Waals surface area contributed by atoms with Crippen LogP contribution in [0.3, 0.4) is 0 Å². The van der Waals surface area contributed by atoms with Crippen molar-refractivity contribution in [2.75, 3.05) is 0 Å². The summed E-state index contributed by atoms with van der Waals surface area (Å²) in [4.78, 5) is 0. The van der Waals surface area contributed by atoms with Gasteiger partial charge in [0.15, 0.2) is 0 Å². The van der Waals surface area contributed by atoms with Gasteiger partial charge in [0.05, 0.1) is 6.10 Å². The molecule has 16 heavy (non-hydrogen) atoms. The fourth-order valence-corrected chi connectivity index (χ4v) is 2.30. The fraction of sp³-hybridized carbons (Fsp3) is 0.538. The van der Waals surface area contributed by atoms with Crippen molar-refractivity contribution >= 4 is 0 Å². The maximum absolute atomic E-state index is 12.8. The summed E-state index contributed by atoms with van der Waals surface area (Å²) in [6, 6.07) is 6.85. The standard InChI is InChI=1S/C13H18FNO/c1-9(10-5-7-11(14)8-6-10)15-12-3-2-4-13(12)16/h5-9,12-13,15-16H,2-4H2,1H3/t9-,12?,13?/m1/s1. The van der Waals surface area contributed by atoms with Crippen LogP contribution in [0.15, 0.2) is 24.3 Å². The quantitative estimate of drug-likeness (QED) is 0.824. The number of nitrogens with one attached hydrogen (secondary N) is 1. The third-order valence-corrected chi connectivity index (χ3v) is 3.31. The van der Waals surface area contributed by atoms with E-state index in [4.69, 9.17) is 0 Å². The van der Waals surface area contributed by atoms with Gasteiger partial charge in [-0.3, -0.25) is 0 Å². The number of hydrogen-bond donors (Lipinski definition) is 2. The molecule has 1 aromatic rings. The van der Waals surface area contributed by atoms with Crippen LogP contribution in [0.5, 0.6) is 0 Å². The molecule has 2 nitrogen and oxygen atoms in total. The molecular weight excluding hydrogens is 205 g/mol. The monoisotopic (exact) mass is 223 g/mol. The van der Waals surface area contributed by atoms with Crippen LogP contribution in [0, 0.1) is 5.82 Å². The molecule has 0 bridgehead atoms. The highest BCUT2D eigenvalue weighted by Crippen LogP contribution is 2.22. The Hall–Kier alpha value is -0.930. The number of benzene rings is 1. The fourth-order valence-electron chi connectivity index (χ4n) is 2.30. The van der Waals surface area contributed by atoms with Crippen LogP contribution in [0.25, 0.3) is 0 Å². The largest absolute Gasteiger partial charge is 0.392 e. The predicted octanol–water partition coefficient (Wildman–Crippen LogP) is 2.39. The molecule has 0 aliphatic heterocycles. The van der Waals surface area contributed by atoms with Gasteiger partial charge < -0.3 is 10.4 Å². The Labute approximate surface area is 95.5 Å². The molecule has 0 saturated heterocycles. The molecule has 0 radical (unpaired) electrons. The molecule has 3 atom stereocenters. The summed E-state index contributed by atoms with van der Waals surface area (Å²) in [5.41, 5.74) is 1.06.